The maximum absolute atomic E-state index is 14.6. The van der Waals surface area contributed by atoms with Crippen LogP contribution in [0.4, 0.5) is 27.4 Å². The fourth-order valence-corrected chi connectivity index (χ4v) is 3.54. The number of halogens is 1. The summed E-state index contributed by atoms with van der Waals surface area (Å²) in [5.41, 5.74) is 13.9. The highest BCUT2D eigenvalue weighted by Crippen LogP contribution is 2.31. The highest BCUT2D eigenvalue weighted by Gasteiger charge is 2.20. The Morgan fingerprint density at radius 1 is 1.24 bits per heavy atom. The molecule has 2 heterocycles. The lowest BCUT2D eigenvalue weighted by Gasteiger charge is -2.22. The summed E-state index contributed by atoms with van der Waals surface area (Å²) in [6, 6.07) is 6.27. The van der Waals surface area contributed by atoms with Crippen LogP contribution in [-0.4, -0.2) is 49.2 Å². The van der Waals surface area contributed by atoms with Crippen molar-refractivity contribution in [1.82, 2.24) is 4.98 Å². The van der Waals surface area contributed by atoms with Gasteiger partial charge in [0.15, 0.2) is 17.5 Å². The number of hydrogen-bond acceptors (Lipinski definition) is 8. The third kappa shape index (κ3) is 6.17. The lowest BCUT2D eigenvalue weighted by atomic mass is 10.0. The molecule has 0 saturated heterocycles. The molecule has 1 aromatic carbocycles. The van der Waals surface area contributed by atoms with Gasteiger partial charge in [0, 0.05) is 31.3 Å². The van der Waals surface area contributed by atoms with Gasteiger partial charge < -0.3 is 31.6 Å². The Morgan fingerprint density at radius 3 is 2.70 bits per heavy atom. The summed E-state index contributed by atoms with van der Waals surface area (Å²) in [6.07, 6.45) is 2.10. The maximum Gasteiger partial charge on any atom is 0.252 e. The van der Waals surface area contributed by atoms with E-state index < -0.39 is 11.7 Å². The second kappa shape index (κ2) is 11.1. The lowest BCUT2D eigenvalue weighted by Crippen LogP contribution is -2.38. The molecule has 3 rings (SSSR count). The minimum absolute atomic E-state index is 0.00654. The van der Waals surface area contributed by atoms with Crippen molar-refractivity contribution in [3.8, 4) is 0 Å². The molecule has 1 amide bonds. The monoisotopic (exact) mass is 458 g/mol. The van der Waals surface area contributed by atoms with Crippen LogP contribution >= 0.6 is 0 Å². The van der Waals surface area contributed by atoms with E-state index in [1.54, 1.807) is 13.2 Å². The number of aryl methyl sites for hydroxylation is 1. The number of nitrogens with two attached hydrogens (primary N) is 2. The van der Waals surface area contributed by atoms with E-state index >= 15 is 0 Å². The summed E-state index contributed by atoms with van der Waals surface area (Å²) in [5, 5.41) is 6.12. The molecule has 33 heavy (non-hydrogen) atoms. The van der Waals surface area contributed by atoms with Crippen LogP contribution in [0.2, 0.25) is 0 Å². The molecular formula is C23H31FN6O3. The maximum atomic E-state index is 14.6. The van der Waals surface area contributed by atoms with Crippen molar-refractivity contribution < 1.29 is 18.7 Å². The lowest BCUT2D eigenvalue weighted by molar-refractivity contribution is 0.100. The molecule has 1 aliphatic rings. The van der Waals surface area contributed by atoms with Crippen LogP contribution < -0.4 is 22.1 Å². The number of carbonyl (C=O) groups excluding carboxylic acids is 1. The van der Waals surface area contributed by atoms with Gasteiger partial charge in [0.05, 0.1) is 17.9 Å². The number of primary amides is 1. The molecule has 0 unspecified atom stereocenters. The van der Waals surface area contributed by atoms with Crippen LogP contribution in [0.15, 0.2) is 29.3 Å². The predicted octanol–water partition coefficient (Wildman–Crippen LogP) is 3.24. The number of carbonyl (C=O) groups is 1. The first-order valence-corrected chi connectivity index (χ1v) is 10.9. The fraction of sp³-hybridized carbons (Fsp3) is 0.435. The highest BCUT2D eigenvalue weighted by atomic mass is 19.1. The molecule has 1 aliphatic heterocycles. The first-order chi connectivity index (χ1) is 15.8. The summed E-state index contributed by atoms with van der Waals surface area (Å²) >= 11 is 0. The van der Waals surface area contributed by atoms with Gasteiger partial charge in [-0.05, 0) is 49.6 Å². The average molecular weight is 459 g/mol. The number of hydrogen-bond donors (Lipinski definition) is 4. The van der Waals surface area contributed by atoms with Crippen molar-refractivity contribution in [3.63, 3.8) is 0 Å². The minimum Gasteiger partial charge on any atom is -0.478 e. The van der Waals surface area contributed by atoms with Crippen molar-refractivity contribution in [2.75, 3.05) is 31.0 Å². The van der Waals surface area contributed by atoms with Crippen LogP contribution in [-0.2, 0) is 15.9 Å². The van der Waals surface area contributed by atoms with Gasteiger partial charge in [-0.1, -0.05) is 6.92 Å². The van der Waals surface area contributed by atoms with Gasteiger partial charge in [-0.15, -0.1) is 0 Å². The Balaban J connectivity index is 1.85. The number of rotatable bonds is 10. The zero-order valence-corrected chi connectivity index (χ0v) is 19.2. The van der Waals surface area contributed by atoms with Crippen LogP contribution in [0.5, 0.6) is 0 Å². The third-order valence-electron chi connectivity index (χ3n) is 5.39. The molecule has 9 nitrogen and oxygen atoms in total. The number of amides is 1. The quantitative estimate of drug-likeness (QED) is 0.401. The van der Waals surface area contributed by atoms with Crippen LogP contribution in [0.25, 0.3) is 0 Å². The van der Waals surface area contributed by atoms with Gasteiger partial charge in [0.25, 0.3) is 5.91 Å². The predicted molar refractivity (Wildman–Crippen MR) is 127 cm³/mol. The molecule has 178 valence electrons. The van der Waals surface area contributed by atoms with E-state index in [1.165, 1.54) is 0 Å². The molecule has 0 bridgehead atoms. The molecule has 0 radical (unpaired) electrons. The summed E-state index contributed by atoms with van der Waals surface area (Å²) in [7, 11) is 1.62. The van der Waals surface area contributed by atoms with E-state index in [9.17, 15) is 9.18 Å². The summed E-state index contributed by atoms with van der Waals surface area (Å²) in [5.74, 6) is -0.614. The van der Waals surface area contributed by atoms with Crippen LogP contribution in [0.3, 0.4) is 0 Å². The van der Waals surface area contributed by atoms with Gasteiger partial charge >= 0.3 is 0 Å². The second-order valence-electron chi connectivity index (χ2n) is 7.91. The van der Waals surface area contributed by atoms with Gasteiger partial charge in [0.1, 0.15) is 12.4 Å². The SMILES string of the molecule is CC[C@@H](Nc1nc(Nc2ccc3c(c2)CCC(OCCOC)=N3)c(C(N)=O)cc1F)[C@H](C)N. The fourth-order valence-electron chi connectivity index (χ4n) is 3.54. The number of methoxy groups -OCH3 is 1. The summed E-state index contributed by atoms with van der Waals surface area (Å²) < 4.78 is 25.2. The smallest absolute Gasteiger partial charge is 0.252 e. The number of anilines is 3. The number of nitrogens with zero attached hydrogens (tertiary/aromatic N) is 2. The Bertz CT molecular complexity index is 1030. The Hall–Kier alpha value is -3.24. The number of benzene rings is 1. The van der Waals surface area contributed by atoms with Gasteiger partial charge in [-0.3, -0.25) is 4.79 Å². The Labute approximate surface area is 192 Å². The molecule has 0 spiro atoms. The average Bonchev–Trinajstić information content (AvgIpc) is 2.78. The van der Waals surface area contributed by atoms with Gasteiger partial charge in [-0.2, -0.15) is 0 Å². The van der Waals surface area contributed by atoms with E-state index in [1.807, 2.05) is 26.0 Å². The van der Waals surface area contributed by atoms with Crippen LogP contribution in [0, 0.1) is 5.82 Å². The standard InChI is InChI=1S/C23H31FN6O3/c1-4-18(13(2)25)29-23-17(24)12-16(21(26)31)22(30-23)27-15-6-7-19-14(11-15)5-8-20(28-19)33-10-9-32-3/h6-7,11-13,18H,4-5,8-10,25H2,1-3H3,(H2,26,31)(H2,27,29,30)/t13-,18+/m0/s1. The molecule has 1 aromatic heterocycles. The zero-order chi connectivity index (χ0) is 24.0. The molecule has 0 aliphatic carbocycles. The summed E-state index contributed by atoms with van der Waals surface area (Å²) in [6.45, 7) is 4.73. The highest BCUT2D eigenvalue weighted by molar-refractivity contribution is 5.98. The number of ether oxygens (including phenoxy) is 2. The van der Waals surface area contributed by atoms with Crippen LogP contribution in [0.1, 0.15) is 42.6 Å². The molecule has 0 saturated carbocycles. The Morgan fingerprint density at radius 2 is 2.03 bits per heavy atom. The molecular weight excluding hydrogens is 427 g/mol. The zero-order valence-electron chi connectivity index (χ0n) is 19.2. The molecule has 0 fully saturated rings. The van der Waals surface area contributed by atoms with Crippen molar-refractivity contribution in [1.29, 1.82) is 0 Å². The first-order valence-electron chi connectivity index (χ1n) is 10.9. The second-order valence-corrected chi connectivity index (χ2v) is 7.91. The van der Waals surface area contributed by atoms with Crippen molar-refractivity contribution >= 4 is 34.8 Å². The number of nitrogens with one attached hydrogen (secondary N) is 2. The number of aliphatic imine (C=N–C) groups is 1. The minimum atomic E-state index is -0.782. The van der Waals surface area contributed by atoms with E-state index in [4.69, 9.17) is 20.9 Å². The molecule has 2 atom stereocenters. The normalized spacial score (nSPS) is 14.6. The summed E-state index contributed by atoms with van der Waals surface area (Å²) in [4.78, 5) is 20.8. The largest absolute Gasteiger partial charge is 0.478 e. The van der Waals surface area contributed by atoms with Crippen molar-refractivity contribution in [2.45, 2.75) is 45.2 Å². The molecule has 10 heteroatoms. The van der Waals surface area contributed by atoms with E-state index in [0.29, 0.717) is 37.6 Å². The third-order valence-corrected chi connectivity index (χ3v) is 5.39. The van der Waals surface area contributed by atoms with E-state index in [2.05, 4.69) is 20.6 Å². The van der Waals surface area contributed by atoms with Gasteiger partial charge in [-0.25, -0.2) is 14.4 Å². The number of pyridine rings is 1. The Kier molecular flexibility index (Phi) is 8.18. The van der Waals surface area contributed by atoms with Crippen molar-refractivity contribution in [2.24, 2.45) is 16.5 Å². The van der Waals surface area contributed by atoms with Gasteiger partial charge in [0.2, 0.25) is 0 Å². The molecule has 6 N–H and O–H groups in total. The van der Waals surface area contributed by atoms with E-state index in [-0.39, 0.29) is 29.3 Å². The van der Waals surface area contributed by atoms with E-state index in [0.717, 1.165) is 23.7 Å². The number of fused-ring (bicyclic) bond motifs is 1. The number of aromatic nitrogens is 1. The first kappa shape index (κ1) is 24.4. The molecule has 2 aromatic rings. The topological polar surface area (TPSA) is 137 Å². The van der Waals surface area contributed by atoms with Crippen molar-refractivity contribution in [3.05, 3.63) is 41.2 Å².